The van der Waals surface area contributed by atoms with E-state index in [0.717, 1.165) is 45.1 Å². The van der Waals surface area contributed by atoms with Gasteiger partial charge in [0.05, 0.1) is 47.4 Å². The van der Waals surface area contributed by atoms with Gasteiger partial charge in [0, 0.05) is 54.4 Å². The van der Waals surface area contributed by atoms with Gasteiger partial charge in [-0.15, -0.1) is 23.1 Å². The minimum atomic E-state index is -4.75. The number of pyridine rings is 1. The molecule has 1 aliphatic carbocycles. The topological polar surface area (TPSA) is 208 Å². The van der Waals surface area contributed by atoms with E-state index in [1.165, 1.54) is 23.6 Å². The third-order valence-electron chi connectivity index (χ3n) is 9.08. The summed E-state index contributed by atoms with van der Waals surface area (Å²) < 4.78 is 36.5. The van der Waals surface area contributed by atoms with Gasteiger partial charge in [-0.2, -0.15) is 0 Å². The number of hydrogen-bond donors (Lipinski definition) is 1. The fraction of sp³-hybridized carbons (Fsp3) is 0.387. The van der Waals surface area contributed by atoms with Crippen LogP contribution in [0.3, 0.4) is 0 Å². The van der Waals surface area contributed by atoms with Crippen LogP contribution < -0.4 is 119 Å². The Kier molecular flexibility index (Phi) is 15.2. The van der Waals surface area contributed by atoms with E-state index in [-0.39, 0.29) is 156 Å². The molecular weight excluding hydrogens is 785 g/mol. The molecule has 2 aromatic heterocycles. The first-order chi connectivity index (χ1) is 23.8. The number of hydrogen-bond acceptors (Lipinski definition) is 13. The van der Waals surface area contributed by atoms with Gasteiger partial charge in [0.25, 0.3) is 5.91 Å². The summed E-state index contributed by atoms with van der Waals surface area (Å²) in [6.45, 7) is -0.741. The van der Waals surface area contributed by atoms with Crippen molar-refractivity contribution in [2.45, 2.75) is 36.7 Å². The van der Waals surface area contributed by atoms with Gasteiger partial charge in [0.15, 0.2) is 5.43 Å². The van der Waals surface area contributed by atoms with Crippen LogP contribution in [-0.2, 0) is 29.9 Å². The fourth-order valence-electron chi connectivity index (χ4n) is 6.40. The van der Waals surface area contributed by atoms with E-state index in [1.807, 2.05) is 5.38 Å². The van der Waals surface area contributed by atoms with Crippen molar-refractivity contribution in [3.8, 4) is 0 Å². The van der Waals surface area contributed by atoms with Crippen molar-refractivity contribution in [3.05, 3.63) is 73.6 Å². The molecule has 3 atom stereocenters. The summed E-state index contributed by atoms with van der Waals surface area (Å²) in [6.07, 6.45) is 2.81. The van der Waals surface area contributed by atoms with Crippen molar-refractivity contribution in [1.82, 2.24) is 19.5 Å². The maximum Gasteiger partial charge on any atom is 1.00 e. The van der Waals surface area contributed by atoms with E-state index in [0.29, 0.717) is 5.52 Å². The predicted molar refractivity (Wildman–Crippen MR) is 173 cm³/mol. The second-order valence-electron chi connectivity index (χ2n) is 12.3. The van der Waals surface area contributed by atoms with Gasteiger partial charge in [-0.05, 0) is 42.0 Å². The van der Waals surface area contributed by atoms with Crippen LogP contribution in [0.2, 0.25) is 0 Å². The van der Waals surface area contributed by atoms with Gasteiger partial charge in [0.1, 0.15) is 17.2 Å². The normalized spacial score (nSPS) is 21.0. The molecule has 15 nitrogen and oxygen atoms in total. The number of anilines is 1. The molecule has 3 aromatic rings. The van der Waals surface area contributed by atoms with Crippen LogP contribution in [0.25, 0.3) is 10.9 Å². The first-order valence-corrected chi connectivity index (χ1v) is 19.0. The first kappa shape index (κ1) is 44.7. The number of thioether (sulfide) groups is 1. The Morgan fingerprint density at radius 3 is 2.34 bits per heavy atom. The number of aromatic carboxylic acids is 1. The average molecular weight is 814 g/mol. The SMILES string of the molecule is O=C(Cc1cccs1)N[C@@H]1C(=O)N2C(C(=O)[O-])=C(COP(=O)([O-])N3CCN(c4cc5c(cc4F)c(=O)c(C(=O)[O-])cn5C4CC4)CC3)CS[C@H]12.[Na+].[Na+].[Na+]. The number of nitrogens with one attached hydrogen (secondary N) is 1. The number of β-lactam (4-membered cyclic amide) rings is 1. The van der Waals surface area contributed by atoms with Gasteiger partial charge in [-0.25, -0.2) is 9.06 Å². The number of halogens is 1. The Bertz CT molecular complexity index is 2080. The molecule has 2 saturated heterocycles. The van der Waals surface area contributed by atoms with Crippen molar-refractivity contribution in [3.63, 3.8) is 0 Å². The molecule has 3 fully saturated rings. The zero-order chi connectivity index (χ0) is 35.5. The molecule has 1 aromatic carbocycles. The number of thiophene rings is 1. The van der Waals surface area contributed by atoms with Gasteiger partial charge >= 0.3 is 88.7 Å². The molecule has 3 aliphatic heterocycles. The molecule has 1 N–H and O–H groups in total. The number of amides is 2. The van der Waals surface area contributed by atoms with Crippen molar-refractivity contribution in [2.75, 3.05) is 43.4 Å². The summed E-state index contributed by atoms with van der Waals surface area (Å²) in [5, 5.41) is 27.3. The number of rotatable bonds is 11. The van der Waals surface area contributed by atoms with Crippen LogP contribution in [-0.4, -0.2) is 87.8 Å². The van der Waals surface area contributed by atoms with Crippen LogP contribution >= 0.6 is 30.8 Å². The zero-order valence-corrected chi connectivity index (χ0v) is 37.6. The Labute approximate surface area is 376 Å². The largest absolute Gasteiger partial charge is 1.00 e. The second kappa shape index (κ2) is 18.0. The molecule has 264 valence electrons. The Hall–Kier alpha value is -1.06. The van der Waals surface area contributed by atoms with E-state index >= 15 is 4.39 Å². The van der Waals surface area contributed by atoms with E-state index in [4.69, 9.17) is 4.52 Å². The van der Waals surface area contributed by atoms with Crippen LogP contribution in [0.15, 0.2) is 51.9 Å². The molecule has 4 aliphatic rings. The molecule has 0 radical (unpaired) electrons. The monoisotopic (exact) mass is 813 g/mol. The number of carbonyl (C=O) groups is 4. The van der Waals surface area contributed by atoms with Gasteiger partial charge < -0.3 is 44.0 Å². The molecule has 22 heteroatoms. The third kappa shape index (κ3) is 9.08. The quantitative estimate of drug-likeness (QED) is 0.109. The maximum absolute atomic E-state index is 15.4. The molecule has 2 amide bonds. The third-order valence-corrected chi connectivity index (χ3v) is 12.8. The van der Waals surface area contributed by atoms with Crippen LogP contribution in [0.5, 0.6) is 0 Å². The Balaban J connectivity index is 0.00000209. The predicted octanol–water partition coefficient (Wildman–Crippen LogP) is -9.83. The van der Waals surface area contributed by atoms with Crippen LogP contribution in [0.1, 0.15) is 34.1 Å². The van der Waals surface area contributed by atoms with Crippen LogP contribution in [0.4, 0.5) is 10.1 Å². The molecular formula is C31H28FN5Na3O10PS2. The minimum absolute atomic E-state index is 0. The number of aromatic nitrogens is 1. The van der Waals surface area contributed by atoms with Gasteiger partial charge in [-0.1, -0.05) is 6.07 Å². The number of fused-ring (bicyclic) bond motifs is 2. The number of aliphatic carboxylic acids is 1. The number of nitrogens with zero attached hydrogens (tertiary/aromatic N) is 4. The number of benzene rings is 1. The molecule has 0 spiro atoms. The summed E-state index contributed by atoms with van der Waals surface area (Å²) in [5.74, 6) is -5.14. The number of carboxylic acids is 2. The van der Waals surface area contributed by atoms with Crippen molar-refractivity contribution in [1.29, 1.82) is 0 Å². The van der Waals surface area contributed by atoms with E-state index in [1.54, 1.807) is 21.6 Å². The van der Waals surface area contributed by atoms with E-state index < -0.39 is 66.1 Å². The number of carbonyl (C=O) groups excluding carboxylic acids is 4. The Morgan fingerprint density at radius 1 is 1.04 bits per heavy atom. The average Bonchev–Trinajstić information content (AvgIpc) is 3.80. The summed E-state index contributed by atoms with van der Waals surface area (Å²) in [6, 6.07) is 5.05. The summed E-state index contributed by atoms with van der Waals surface area (Å²) in [4.78, 5) is 78.4. The van der Waals surface area contributed by atoms with Crippen LogP contribution in [0, 0.1) is 5.82 Å². The van der Waals surface area contributed by atoms with E-state index in [9.17, 15) is 43.6 Å². The zero-order valence-electron chi connectivity index (χ0n) is 29.1. The van der Waals surface area contributed by atoms with E-state index in [2.05, 4.69) is 5.32 Å². The van der Waals surface area contributed by atoms with Gasteiger partial charge in [0.2, 0.25) is 13.7 Å². The maximum atomic E-state index is 15.4. The molecule has 0 bridgehead atoms. The molecule has 1 unspecified atom stereocenters. The summed E-state index contributed by atoms with van der Waals surface area (Å²) >= 11 is 2.55. The standard InChI is InChI=1S/C31H31FN5O10PS2.3Na/c32-21-11-19-22(36(17-3-4-17)13-20(27(19)39)30(41)42)12-23(21)34-5-7-35(8-6-34)48(45,46)47-14-16-15-50-29-25(28(40)37(29)26(16)31(43)44)33-24(38)10-18-2-1-9-49-18;;;/h1-2,9,11-13,17,25,29H,3-8,10,14-15H2,(H,33,38)(H,41,42)(H,43,44)(H,45,46);;;/q;3*+1/p-3/t25-,29-;;;/m1.../s1. The van der Waals surface area contributed by atoms with Crippen molar-refractivity contribution >= 4 is 71.2 Å². The van der Waals surface area contributed by atoms with Crippen molar-refractivity contribution in [2.24, 2.45) is 0 Å². The minimum Gasteiger partial charge on any atom is -0.766 e. The fourth-order valence-corrected chi connectivity index (χ4v) is 9.58. The van der Waals surface area contributed by atoms with Gasteiger partial charge in [-0.3, -0.25) is 23.8 Å². The number of carboxylic acid groups (broad SMARTS) is 2. The molecule has 5 heterocycles. The summed E-state index contributed by atoms with van der Waals surface area (Å²) in [7, 11) is -4.75. The second-order valence-corrected chi connectivity index (χ2v) is 16.2. The first-order valence-electron chi connectivity index (χ1n) is 15.6. The summed E-state index contributed by atoms with van der Waals surface area (Å²) in [5.41, 5.74) is -1.39. The molecule has 53 heavy (non-hydrogen) atoms. The molecule has 1 saturated carbocycles. The number of piperazine rings is 1. The smallest absolute Gasteiger partial charge is 0.766 e. The van der Waals surface area contributed by atoms with Crippen molar-refractivity contribution < 1.29 is 136 Å². The molecule has 7 rings (SSSR count). The Morgan fingerprint density at radius 2 is 1.74 bits per heavy atom.